The quantitative estimate of drug-likeness (QED) is 0.291. The Hall–Kier alpha value is -4.08. The fraction of sp³-hybridized carbons (Fsp3) is 0.241. The number of carbonyl (C=O) groups is 3. The number of benzene rings is 3. The molecule has 11 heteroatoms. The van der Waals surface area contributed by atoms with Crippen molar-refractivity contribution in [2.45, 2.75) is 31.4 Å². The summed E-state index contributed by atoms with van der Waals surface area (Å²) < 4.78 is 11.4. The van der Waals surface area contributed by atoms with Crippen LogP contribution in [0, 0.1) is 0 Å². The third kappa shape index (κ3) is 6.05. The van der Waals surface area contributed by atoms with Crippen LogP contribution in [0.4, 0.5) is 0 Å². The summed E-state index contributed by atoms with van der Waals surface area (Å²) in [6.07, 6.45) is 1.28. The van der Waals surface area contributed by atoms with Crippen molar-refractivity contribution < 1.29 is 28.8 Å². The molecule has 0 unspecified atom stereocenters. The molecule has 1 fully saturated rings. The van der Waals surface area contributed by atoms with E-state index in [1.54, 1.807) is 41.3 Å². The molecule has 206 valence electrons. The van der Waals surface area contributed by atoms with E-state index >= 15 is 0 Å². The summed E-state index contributed by atoms with van der Waals surface area (Å²) in [5.41, 5.74) is 1.38. The zero-order valence-corrected chi connectivity index (χ0v) is 22.7. The van der Waals surface area contributed by atoms with E-state index in [-0.39, 0.29) is 39.8 Å². The number of aliphatic carboxylic acids is 1. The zero-order chi connectivity index (χ0) is 28.2. The number of amides is 2. The lowest BCUT2D eigenvalue weighted by molar-refractivity contribution is -0.139. The molecule has 5 rings (SSSR count). The van der Waals surface area contributed by atoms with Gasteiger partial charge in [0.2, 0.25) is 5.76 Å². The van der Waals surface area contributed by atoms with Crippen molar-refractivity contribution >= 4 is 51.9 Å². The molecule has 3 aromatic carbocycles. The monoisotopic (exact) mass is 581 g/mol. The fourth-order valence-electron chi connectivity index (χ4n) is 4.64. The normalized spacial score (nSPS) is 14.6. The van der Waals surface area contributed by atoms with E-state index in [9.17, 15) is 19.5 Å². The van der Waals surface area contributed by atoms with Gasteiger partial charge >= 0.3 is 5.97 Å². The van der Waals surface area contributed by atoms with Crippen molar-refractivity contribution in [2.75, 3.05) is 13.1 Å². The number of rotatable bonds is 8. The average molecular weight is 582 g/mol. The van der Waals surface area contributed by atoms with Crippen molar-refractivity contribution in [1.82, 2.24) is 15.4 Å². The maximum atomic E-state index is 13.0. The molecule has 1 aromatic heterocycles. The number of fused-ring (bicyclic) bond motifs is 1. The van der Waals surface area contributed by atoms with E-state index in [2.05, 4.69) is 10.5 Å². The van der Waals surface area contributed by atoms with E-state index in [1.807, 2.05) is 18.2 Å². The first-order valence-corrected chi connectivity index (χ1v) is 13.4. The van der Waals surface area contributed by atoms with Crippen molar-refractivity contribution in [1.29, 1.82) is 0 Å². The smallest absolute Gasteiger partial charge is 0.326 e. The SMILES string of the molecule is O=C(N[C@@H](Cc1ccc(OC2CCN(C(=O)c3onc4ccccc34)CC2)cc1)C(=O)O)c1c(Cl)cccc1Cl. The Morgan fingerprint density at radius 3 is 2.35 bits per heavy atom. The van der Waals surface area contributed by atoms with Crippen LogP contribution in [-0.4, -0.2) is 58.2 Å². The summed E-state index contributed by atoms with van der Waals surface area (Å²) in [7, 11) is 0. The number of likely N-dealkylation sites (tertiary alicyclic amines) is 1. The lowest BCUT2D eigenvalue weighted by Crippen LogP contribution is -2.42. The van der Waals surface area contributed by atoms with Crippen molar-refractivity contribution in [3.05, 3.63) is 93.7 Å². The summed E-state index contributed by atoms with van der Waals surface area (Å²) in [6, 6.07) is 17.8. The second-order valence-electron chi connectivity index (χ2n) is 9.45. The molecule has 40 heavy (non-hydrogen) atoms. The number of nitrogens with one attached hydrogen (secondary N) is 1. The number of aromatic nitrogens is 1. The van der Waals surface area contributed by atoms with Crippen LogP contribution in [0.3, 0.4) is 0 Å². The van der Waals surface area contributed by atoms with Crippen LogP contribution in [0.15, 0.2) is 71.3 Å². The topological polar surface area (TPSA) is 122 Å². The molecule has 1 aliphatic rings. The Morgan fingerprint density at radius 1 is 1.00 bits per heavy atom. The second-order valence-corrected chi connectivity index (χ2v) is 10.3. The minimum absolute atomic E-state index is 0.0303. The van der Waals surface area contributed by atoms with Crippen LogP contribution >= 0.6 is 23.2 Å². The molecule has 1 atom stereocenters. The van der Waals surface area contributed by atoms with Crippen LogP contribution in [-0.2, 0) is 11.2 Å². The number of hydrogen-bond acceptors (Lipinski definition) is 6. The standard InChI is InChI=1S/C29H25Cl2N3O6/c30-21-5-3-6-22(31)25(21)27(35)32-24(29(37)38)16-17-8-10-18(11-9-17)39-19-12-14-34(15-13-19)28(36)26-20-4-1-2-7-23(20)33-40-26/h1-11,19,24H,12-16H2,(H,32,35)(H,37,38)/t24-/m0/s1. The van der Waals surface area contributed by atoms with Gasteiger partial charge in [-0.25, -0.2) is 4.79 Å². The average Bonchev–Trinajstić information content (AvgIpc) is 3.38. The summed E-state index contributed by atoms with van der Waals surface area (Å²) >= 11 is 12.2. The fourth-order valence-corrected chi connectivity index (χ4v) is 5.21. The van der Waals surface area contributed by atoms with Gasteiger partial charge in [0.15, 0.2) is 0 Å². The first-order valence-electron chi connectivity index (χ1n) is 12.7. The first kappa shape index (κ1) is 27.5. The predicted molar refractivity (Wildman–Crippen MR) is 149 cm³/mol. The molecule has 0 bridgehead atoms. The molecular weight excluding hydrogens is 557 g/mol. The Morgan fingerprint density at radius 2 is 1.68 bits per heavy atom. The Labute approximate surface area is 239 Å². The summed E-state index contributed by atoms with van der Waals surface area (Å²) in [5, 5.41) is 17.1. The molecule has 2 heterocycles. The minimum Gasteiger partial charge on any atom is -0.490 e. The molecule has 2 N–H and O–H groups in total. The van der Waals surface area contributed by atoms with Gasteiger partial charge in [-0.1, -0.05) is 58.7 Å². The highest BCUT2D eigenvalue weighted by atomic mass is 35.5. The van der Waals surface area contributed by atoms with Gasteiger partial charge in [-0.15, -0.1) is 0 Å². The van der Waals surface area contributed by atoms with Crippen molar-refractivity contribution in [2.24, 2.45) is 0 Å². The number of piperidine rings is 1. The zero-order valence-electron chi connectivity index (χ0n) is 21.2. The Bertz CT molecular complexity index is 1530. The summed E-state index contributed by atoms with van der Waals surface area (Å²) in [5.74, 6) is -1.15. The number of ether oxygens (including phenoxy) is 1. The summed E-state index contributed by atoms with van der Waals surface area (Å²) in [4.78, 5) is 39.2. The maximum Gasteiger partial charge on any atom is 0.326 e. The molecule has 4 aromatic rings. The van der Waals surface area contributed by atoms with Gasteiger partial charge in [0.25, 0.3) is 11.8 Å². The summed E-state index contributed by atoms with van der Waals surface area (Å²) in [6.45, 7) is 1.04. The van der Waals surface area contributed by atoms with Crippen LogP contribution in [0.1, 0.15) is 39.3 Å². The lowest BCUT2D eigenvalue weighted by atomic mass is 10.0. The minimum atomic E-state index is -1.19. The van der Waals surface area contributed by atoms with Crippen molar-refractivity contribution in [3.8, 4) is 5.75 Å². The van der Waals surface area contributed by atoms with Crippen LogP contribution < -0.4 is 10.1 Å². The Balaban J connectivity index is 1.15. The van der Waals surface area contributed by atoms with Gasteiger partial charge < -0.3 is 24.6 Å². The van der Waals surface area contributed by atoms with Gasteiger partial charge in [-0.05, 0) is 42.0 Å². The lowest BCUT2D eigenvalue weighted by Gasteiger charge is -2.31. The van der Waals surface area contributed by atoms with E-state index in [0.717, 1.165) is 0 Å². The third-order valence-electron chi connectivity index (χ3n) is 6.77. The van der Waals surface area contributed by atoms with Crippen LogP contribution in [0.2, 0.25) is 10.0 Å². The highest BCUT2D eigenvalue weighted by molar-refractivity contribution is 6.39. The third-order valence-corrected chi connectivity index (χ3v) is 7.40. The second kappa shape index (κ2) is 12.0. The number of carboxylic acid groups (broad SMARTS) is 1. The van der Waals surface area contributed by atoms with Gasteiger partial charge in [-0.3, -0.25) is 9.59 Å². The maximum absolute atomic E-state index is 13.0. The van der Waals surface area contributed by atoms with E-state index < -0.39 is 17.9 Å². The van der Waals surface area contributed by atoms with Crippen LogP contribution in [0.25, 0.3) is 10.9 Å². The van der Waals surface area contributed by atoms with Crippen LogP contribution in [0.5, 0.6) is 5.75 Å². The first-order chi connectivity index (χ1) is 19.3. The highest BCUT2D eigenvalue weighted by Crippen LogP contribution is 2.26. The van der Waals surface area contributed by atoms with E-state index in [1.165, 1.54) is 12.1 Å². The number of carboxylic acids is 1. The largest absolute Gasteiger partial charge is 0.490 e. The molecule has 0 radical (unpaired) electrons. The van der Waals surface area contributed by atoms with Gasteiger partial charge in [0.1, 0.15) is 23.4 Å². The Kier molecular flexibility index (Phi) is 8.23. The van der Waals surface area contributed by atoms with Gasteiger partial charge in [0, 0.05) is 32.4 Å². The van der Waals surface area contributed by atoms with Gasteiger partial charge in [-0.2, -0.15) is 0 Å². The van der Waals surface area contributed by atoms with Crippen molar-refractivity contribution in [3.63, 3.8) is 0 Å². The number of halogens is 2. The van der Waals surface area contributed by atoms with Gasteiger partial charge in [0.05, 0.1) is 21.0 Å². The molecule has 0 aliphatic carbocycles. The molecular formula is C29H25Cl2N3O6. The highest BCUT2D eigenvalue weighted by Gasteiger charge is 2.28. The molecule has 2 amide bonds. The predicted octanol–water partition coefficient (Wildman–Crippen LogP) is 5.24. The molecule has 1 aliphatic heterocycles. The number of nitrogens with zero attached hydrogens (tertiary/aromatic N) is 2. The molecule has 1 saturated heterocycles. The number of carbonyl (C=O) groups excluding carboxylic acids is 2. The molecule has 0 saturated carbocycles. The van der Waals surface area contributed by atoms with E-state index in [4.69, 9.17) is 32.5 Å². The number of hydrogen-bond donors (Lipinski definition) is 2. The molecule has 0 spiro atoms. The van der Waals surface area contributed by atoms with E-state index in [0.29, 0.717) is 48.1 Å². The molecule has 9 nitrogen and oxygen atoms in total.